The fourth-order valence-electron chi connectivity index (χ4n) is 4.24. The summed E-state index contributed by atoms with van der Waals surface area (Å²) >= 11 is 3.45. The summed E-state index contributed by atoms with van der Waals surface area (Å²) in [5, 5.41) is 2.99. The molecule has 7 heteroatoms. The van der Waals surface area contributed by atoms with E-state index in [1.54, 1.807) is 4.90 Å². The van der Waals surface area contributed by atoms with Crippen LogP contribution in [0.1, 0.15) is 48.0 Å². The van der Waals surface area contributed by atoms with Crippen molar-refractivity contribution in [3.63, 3.8) is 0 Å². The van der Waals surface area contributed by atoms with E-state index in [0.717, 1.165) is 41.4 Å². The third kappa shape index (κ3) is 4.58. The Morgan fingerprint density at radius 2 is 1.78 bits per heavy atom. The lowest BCUT2D eigenvalue weighted by Gasteiger charge is -2.25. The number of nitrogens with zero attached hydrogens (tertiary/aromatic N) is 2. The molecule has 3 amide bonds. The topological polar surface area (TPSA) is 69.7 Å². The van der Waals surface area contributed by atoms with Gasteiger partial charge in [-0.05, 0) is 68.0 Å². The molecule has 1 unspecified atom stereocenters. The number of hydrogen-bond acceptors (Lipinski definition) is 3. The Morgan fingerprint density at radius 1 is 1.03 bits per heavy atom. The average molecular weight is 496 g/mol. The number of halogens is 1. The summed E-state index contributed by atoms with van der Waals surface area (Å²) in [6.07, 6.45) is 4.60. The second kappa shape index (κ2) is 8.70. The standard InChI is InChI=1S/C25H26BrN3O3/c26-18-2-1-3-21(14-18)28-13-12-22(24(28)31)25(32)29(20-10-11-20)15-16-4-6-17(7-5-16)23(30)27-19-8-9-19/h1-7,14,19-20,22H,8-13,15H2,(H,27,30). The highest BCUT2D eigenvalue weighted by molar-refractivity contribution is 9.10. The average Bonchev–Trinajstić information content (AvgIpc) is 3.72. The van der Waals surface area contributed by atoms with E-state index in [-0.39, 0.29) is 23.8 Å². The first-order valence-corrected chi connectivity index (χ1v) is 12.1. The van der Waals surface area contributed by atoms with Gasteiger partial charge in [-0.3, -0.25) is 14.4 Å². The van der Waals surface area contributed by atoms with Crippen molar-refractivity contribution < 1.29 is 14.4 Å². The molecule has 0 bridgehead atoms. The Morgan fingerprint density at radius 3 is 2.44 bits per heavy atom. The SMILES string of the molecule is O=C(NC1CC1)c1ccc(CN(C(=O)C2CCN(c3cccc(Br)c3)C2=O)C2CC2)cc1. The van der Waals surface area contributed by atoms with E-state index in [0.29, 0.717) is 31.1 Å². The van der Waals surface area contributed by atoms with Gasteiger partial charge in [0.25, 0.3) is 5.91 Å². The highest BCUT2D eigenvalue weighted by Crippen LogP contribution is 2.34. The van der Waals surface area contributed by atoms with Crippen LogP contribution in [0.15, 0.2) is 53.0 Å². The Balaban J connectivity index is 1.26. The van der Waals surface area contributed by atoms with Gasteiger partial charge in [-0.2, -0.15) is 0 Å². The van der Waals surface area contributed by atoms with Crippen molar-refractivity contribution >= 4 is 39.3 Å². The molecule has 1 saturated heterocycles. The molecule has 0 spiro atoms. The molecule has 2 aromatic carbocycles. The zero-order valence-corrected chi connectivity index (χ0v) is 19.4. The molecule has 1 aliphatic heterocycles. The van der Waals surface area contributed by atoms with Gasteiger partial charge in [0, 0.05) is 40.9 Å². The Bertz CT molecular complexity index is 1050. The smallest absolute Gasteiger partial charge is 0.251 e. The molecule has 32 heavy (non-hydrogen) atoms. The second-order valence-corrected chi connectivity index (χ2v) is 9.87. The largest absolute Gasteiger partial charge is 0.349 e. The maximum Gasteiger partial charge on any atom is 0.251 e. The van der Waals surface area contributed by atoms with Crippen molar-refractivity contribution in [2.75, 3.05) is 11.4 Å². The minimum atomic E-state index is -0.627. The van der Waals surface area contributed by atoms with Crippen LogP contribution in [0.25, 0.3) is 0 Å². The van der Waals surface area contributed by atoms with Crippen molar-refractivity contribution in [1.82, 2.24) is 10.2 Å². The normalized spacial score (nSPS) is 20.3. The van der Waals surface area contributed by atoms with Gasteiger partial charge in [-0.15, -0.1) is 0 Å². The van der Waals surface area contributed by atoms with Crippen LogP contribution in [0, 0.1) is 5.92 Å². The molecule has 0 aromatic heterocycles. The van der Waals surface area contributed by atoms with Crippen molar-refractivity contribution in [1.29, 1.82) is 0 Å². The van der Waals surface area contributed by atoms with E-state index in [4.69, 9.17) is 0 Å². The Hall–Kier alpha value is -2.67. The first-order valence-electron chi connectivity index (χ1n) is 11.3. The highest BCUT2D eigenvalue weighted by atomic mass is 79.9. The number of amides is 3. The maximum atomic E-state index is 13.4. The Labute approximate surface area is 196 Å². The van der Waals surface area contributed by atoms with Gasteiger partial charge in [0.15, 0.2) is 0 Å². The lowest BCUT2D eigenvalue weighted by Crippen LogP contribution is -2.41. The second-order valence-electron chi connectivity index (χ2n) is 8.95. The number of benzene rings is 2. The summed E-state index contributed by atoms with van der Waals surface area (Å²) in [6, 6.07) is 15.6. The van der Waals surface area contributed by atoms with E-state index in [1.165, 1.54) is 0 Å². The molecular formula is C25H26BrN3O3. The quantitative estimate of drug-likeness (QED) is 0.592. The minimum Gasteiger partial charge on any atom is -0.349 e. The first kappa shape index (κ1) is 21.2. The summed E-state index contributed by atoms with van der Waals surface area (Å²) in [7, 11) is 0. The first-order chi connectivity index (χ1) is 15.5. The lowest BCUT2D eigenvalue weighted by molar-refractivity contribution is -0.140. The van der Waals surface area contributed by atoms with E-state index in [1.807, 2.05) is 53.4 Å². The molecule has 1 atom stereocenters. The summed E-state index contributed by atoms with van der Waals surface area (Å²) in [5.74, 6) is -0.868. The van der Waals surface area contributed by atoms with Gasteiger partial charge < -0.3 is 15.1 Å². The third-order valence-corrected chi connectivity index (χ3v) is 6.87. The summed E-state index contributed by atoms with van der Waals surface area (Å²) in [5.41, 5.74) is 2.43. The minimum absolute atomic E-state index is 0.0432. The lowest BCUT2D eigenvalue weighted by atomic mass is 10.0. The number of anilines is 1. The fourth-order valence-corrected chi connectivity index (χ4v) is 4.62. The van der Waals surface area contributed by atoms with Crippen LogP contribution in [-0.4, -0.2) is 41.2 Å². The maximum absolute atomic E-state index is 13.4. The molecule has 2 aliphatic carbocycles. The van der Waals surface area contributed by atoms with Crippen molar-refractivity contribution in [3.8, 4) is 0 Å². The molecular weight excluding hydrogens is 470 g/mol. The number of carbonyl (C=O) groups excluding carboxylic acids is 3. The van der Waals surface area contributed by atoms with E-state index < -0.39 is 5.92 Å². The number of hydrogen-bond donors (Lipinski definition) is 1. The number of carbonyl (C=O) groups is 3. The van der Waals surface area contributed by atoms with E-state index >= 15 is 0 Å². The molecule has 1 N–H and O–H groups in total. The molecule has 166 valence electrons. The molecule has 0 radical (unpaired) electrons. The molecule has 5 rings (SSSR count). The molecule has 1 heterocycles. The van der Waals surface area contributed by atoms with Gasteiger partial charge in [-0.25, -0.2) is 0 Å². The van der Waals surface area contributed by atoms with Gasteiger partial charge in [0.05, 0.1) is 0 Å². The van der Waals surface area contributed by atoms with Crippen LogP contribution < -0.4 is 10.2 Å². The molecule has 3 aliphatic rings. The number of rotatable bonds is 7. The highest BCUT2D eigenvalue weighted by Gasteiger charge is 2.43. The van der Waals surface area contributed by atoms with Crippen molar-refractivity contribution in [3.05, 3.63) is 64.1 Å². The Kier molecular flexibility index (Phi) is 5.76. The molecule has 6 nitrogen and oxygen atoms in total. The van der Waals surface area contributed by atoms with Crippen LogP contribution in [0.4, 0.5) is 5.69 Å². The third-order valence-electron chi connectivity index (χ3n) is 6.38. The summed E-state index contributed by atoms with van der Waals surface area (Å²) in [4.78, 5) is 42.3. The van der Waals surface area contributed by atoms with Gasteiger partial charge in [0.2, 0.25) is 11.8 Å². The van der Waals surface area contributed by atoms with Crippen LogP contribution in [-0.2, 0) is 16.1 Å². The van der Waals surface area contributed by atoms with Crippen LogP contribution in [0.3, 0.4) is 0 Å². The zero-order valence-electron chi connectivity index (χ0n) is 17.8. The van der Waals surface area contributed by atoms with Crippen LogP contribution in [0.2, 0.25) is 0 Å². The van der Waals surface area contributed by atoms with Gasteiger partial charge >= 0.3 is 0 Å². The predicted octanol–water partition coefficient (Wildman–Crippen LogP) is 3.89. The zero-order chi connectivity index (χ0) is 22.2. The van der Waals surface area contributed by atoms with Crippen molar-refractivity contribution in [2.45, 2.75) is 50.7 Å². The van der Waals surface area contributed by atoms with Gasteiger partial charge in [0.1, 0.15) is 5.92 Å². The molecule has 3 fully saturated rings. The fraction of sp³-hybridized carbons (Fsp3) is 0.400. The number of nitrogens with one attached hydrogen (secondary N) is 1. The van der Waals surface area contributed by atoms with Crippen LogP contribution >= 0.6 is 15.9 Å². The summed E-state index contributed by atoms with van der Waals surface area (Å²) in [6.45, 7) is 1.02. The van der Waals surface area contributed by atoms with E-state index in [2.05, 4.69) is 21.2 Å². The van der Waals surface area contributed by atoms with Crippen LogP contribution in [0.5, 0.6) is 0 Å². The predicted molar refractivity (Wildman–Crippen MR) is 125 cm³/mol. The van der Waals surface area contributed by atoms with Gasteiger partial charge in [-0.1, -0.05) is 34.1 Å². The molecule has 2 saturated carbocycles. The molecule has 2 aromatic rings. The van der Waals surface area contributed by atoms with Crippen molar-refractivity contribution in [2.24, 2.45) is 5.92 Å². The van der Waals surface area contributed by atoms with E-state index in [9.17, 15) is 14.4 Å². The monoisotopic (exact) mass is 495 g/mol. The summed E-state index contributed by atoms with van der Waals surface area (Å²) < 4.78 is 0.909.